The molecular formula is C52H33NOS. The average molecular weight is 720 g/mol. The van der Waals surface area contributed by atoms with Crippen LogP contribution in [0.5, 0.6) is 0 Å². The molecule has 9 aromatic carbocycles. The first kappa shape index (κ1) is 31.6. The third-order valence-corrected chi connectivity index (χ3v) is 12.1. The molecule has 0 aliphatic heterocycles. The first-order valence-electron chi connectivity index (χ1n) is 18.7. The molecule has 0 aliphatic carbocycles. The van der Waals surface area contributed by atoms with E-state index < -0.39 is 0 Å². The summed E-state index contributed by atoms with van der Waals surface area (Å²) in [5.41, 5.74) is 12.1. The van der Waals surface area contributed by atoms with Crippen LogP contribution in [0, 0.1) is 0 Å². The SMILES string of the molecule is c1ccc(-c2cc(-c3cccc4c3sc3ccccc34)cc(N(c3ccc(-c4ccccc4)c4ccccc34)c3cccc4oc5ccccc5c34)c2)cc1. The third-order valence-electron chi connectivity index (χ3n) is 10.8. The van der Waals surface area contributed by atoms with E-state index in [4.69, 9.17) is 4.42 Å². The Labute approximate surface area is 322 Å². The number of para-hydroxylation sites is 1. The van der Waals surface area contributed by atoms with Crippen LogP contribution in [0.25, 0.3) is 86.3 Å². The van der Waals surface area contributed by atoms with Crippen molar-refractivity contribution in [3.05, 3.63) is 200 Å². The largest absolute Gasteiger partial charge is 0.456 e. The van der Waals surface area contributed by atoms with Crippen LogP contribution in [0.15, 0.2) is 205 Å². The summed E-state index contributed by atoms with van der Waals surface area (Å²) in [4.78, 5) is 2.46. The highest BCUT2D eigenvalue weighted by Crippen LogP contribution is 2.49. The van der Waals surface area contributed by atoms with E-state index >= 15 is 0 Å². The number of benzene rings is 9. The molecule has 0 atom stereocenters. The Hall–Kier alpha value is -6.94. The van der Waals surface area contributed by atoms with Crippen LogP contribution in [-0.2, 0) is 0 Å². The van der Waals surface area contributed by atoms with Gasteiger partial charge in [0, 0.05) is 36.6 Å². The van der Waals surface area contributed by atoms with E-state index in [1.54, 1.807) is 0 Å². The number of fused-ring (bicyclic) bond motifs is 7. The van der Waals surface area contributed by atoms with Crippen LogP contribution < -0.4 is 4.90 Å². The Balaban J connectivity index is 1.24. The fourth-order valence-electron chi connectivity index (χ4n) is 8.37. The number of thiophene rings is 1. The third kappa shape index (κ3) is 5.24. The molecule has 2 aromatic heterocycles. The predicted molar refractivity (Wildman–Crippen MR) is 235 cm³/mol. The zero-order valence-electron chi connectivity index (χ0n) is 29.8. The summed E-state index contributed by atoms with van der Waals surface area (Å²) >= 11 is 1.87. The highest BCUT2D eigenvalue weighted by atomic mass is 32.1. The maximum absolute atomic E-state index is 6.52. The highest BCUT2D eigenvalue weighted by molar-refractivity contribution is 7.26. The fourth-order valence-corrected chi connectivity index (χ4v) is 9.60. The lowest BCUT2D eigenvalue weighted by Gasteiger charge is -2.29. The van der Waals surface area contributed by atoms with Gasteiger partial charge in [0.1, 0.15) is 11.2 Å². The molecule has 55 heavy (non-hydrogen) atoms. The van der Waals surface area contributed by atoms with Crippen molar-refractivity contribution < 1.29 is 4.42 Å². The number of furan rings is 1. The van der Waals surface area contributed by atoms with Gasteiger partial charge in [-0.1, -0.05) is 152 Å². The highest BCUT2D eigenvalue weighted by Gasteiger charge is 2.23. The first-order chi connectivity index (χ1) is 27.3. The fraction of sp³-hybridized carbons (Fsp3) is 0. The van der Waals surface area contributed by atoms with Gasteiger partial charge in [-0.2, -0.15) is 0 Å². The van der Waals surface area contributed by atoms with E-state index in [0.29, 0.717) is 0 Å². The van der Waals surface area contributed by atoms with E-state index in [1.807, 2.05) is 17.4 Å². The maximum atomic E-state index is 6.52. The molecular weight excluding hydrogens is 687 g/mol. The van der Waals surface area contributed by atoms with Gasteiger partial charge >= 0.3 is 0 Å². The van der Waals surface area contributed by atoms with Crippen LogP contribution >= 0.6 is 11.3 Å². The summed E-state index contributed by atoms with van der Waals surface area (Å²) < 4.78 is 9.12. The minimum absolute atomic E-state index is 0.864. The van der Waals surface area contributed by atoms with Gasteiger partial charge in [0.25, 0.3) is 0 Å². The molecule has 11 aromatic rings. The molecule has 0 fully saturated rings. The second kappa shape index (κ2) is 12.9. The van der Waals surface area contributed by atoms with Gasteiger partial charge in [0.15, 0.2) is 0 Å². The molecule has 0 radical (unpaired) electrons. The zero-order valence-corrected chi connectivity index (χ0v) is 30.6. The molecule has 0 unspecified atom stereocenters. The normalized spacial score (nSPS) is 11.6. The summed E-state index contributed by atoms with van der Waals surface area (Å²) in [7, 11) is 0. The Morgan fingerprint density at radius 1 is 0.364 bits per heavy atom. The zero-order chi connectivity index (χ0) is 36.3. The summed E-state index contributed by atoms with van der Waals surface area (Å²) in [6.07, 6.45) is 0. The standard InChI is InChI=1S/C52H33NOS/c1-3-15-34(16-4-1)36-31-37(40-23-13-24-44-43-21-10-12-28-50(43)55-52(40)44)33-38(32-36)53(47-25-14-27-49-51(47)45-22-9-11-26-48(45)54-49)46-30-29-39(35-17-5-2-6-18-35)41-19-7-8-20-42(41)46/h1-33H. The summed E-state index contributed by atoms with van der Waals surface area (Å²) in [5.74, 6) is 0. The van der Waals surface area contributed by atoms with Crippen LogP contribution in [-0.4, -0.2) is 0 Å². The van der Waals surface area contributed by atoms with Gasteiger partial charge in [-0.15, -0.1) is 11.3 Å². The number of hydrogen-bond acceptors (Lipinski definition) is 3. The monoisotopic (exact) mass is 719 g/mol. The van der Waals surface area contributed by atoms with Gasteiger partial charge in [-0.05, 0) is 87.3 Å². The molecule has 258 valence electrons. The van der Waals surface area contributed by atoms with Crippen molar-refractivity contribution in [2.75, 3.05) is 4.90 Å². The average Bonchev–Trinajstić information content (AvgIpc) is 3.83. The molecule has 11 rings (SSSR count). The Morgan fingerprint density at radius 2 is 1.00 bits per heavy atom. The van der Waals surface area contributed by atoms with Crippen molar-refractivity contribution in [2.24, 2.45) is 0 Å². The van der Waals surface area contributed by atoms with Gasteiger partial charge in [-0.25, -0.2) is 0 Å². The lowest BCUT2D eigenvalue weighted by Crippen LogP contribution is -2.11. The van der Waals surface area contributed by atoms with Crippen LogP contribution in [0.2, 0.25) is 0 Å². The van der Waals surface area contributed by atoms with Crippen molar-refractivity contribution >= 4 is 81.3 Å². The molecule has 0 saturated carbocycles. The van der Waals surface area contributed by atoms with Crippen molar-refractivity contribution in [3.63, 3.8) is 0 Å². The van der Waals surface area contributed by atoms with E-state index in [2.05, 4.69) is 199 Å². The predicted octanol–water partition coefficient (Wildman–Crippen LogP) is 15.6. The molecule has 2 nitrogen and oxygen atoms in total. The molecule has 3 heteroatoms. The van der Waals surface area contributed by atoms with Crippen LogP contribution in [0.3, 0.4) is 0 Å². The van der Waals surface area contributed by atoms with Crippen molar-refractivity contribution in [1.29, 1.82) is 0 Å². The number of anilines is 3. The molecule has 0 N–H and O–H groups in total. The van der Waals surface area contributed by atoms with Gasteiger partial charge in [-0.3, -0.25) is 0 Å². The minimum Gasteiger partial charge on any atom is -0.456 e. The molecule has 0 saturated heterocycles. The van der Waals surface area contributed by atoms with Gasteiger partial charge in [0.2, 0.25) is 0 Å². The quantitative estimate of drug-likeness (QED) is 0.170. The van der Waals surface area contributed by atoms with E-state index in [0.717, 1.165) is 44.6 Å². The minimum atomic E-state index is 0.864. The number of rotatable bonds is 6. The van der Waals surface area contributed by atoms with Crippen molar-refractivity contribution in [3.8, 4) is 33.4 Å². The number of nitrogens with zero attached hydrogens (tertiary/aromatic N) is 1. The van der Waals surface area contributed by atoms with Gasteiger partial charge < -0.3 is 9.32 Å². The van der Waals surface area contributed by atoms with Gasteiger partial charge in [0.05, 0.1) is 16.8 Å². The smallest absolute Gasteiger partial charge is 0.137 e. The molecule has 0 amide bonds. The molecule has 0 bridgehead atoms. The lowest BCUT2D eigenvalue weighted by molar-refractivity contribution is 0.669. The summed E-state index contributed by atoms with van der Waals surface area (Å²) in [5, 5.41) is 7.15. The Bertz CT molecular complexity index is 3210. The number of hydrogen-bond donors (Lipinski definition) is 0. The van der Waals surface area contributed by atoms with Crippen molar-refractivity contribution in [2.45, 2.75) is 0 Å². The summed E-state index contributed by atoms with van der Waals surface area (Å²) in [6, 6.07) is 72.3. The Morgan fingerprint density at radius 3 is 1.84 bits per heavy atom. The molecule has 0 spiro atoms. The Kier molecular flexibility index (Phi) is 7.39. The molecule has 0 aliphatic rings. The van der Waals surface area contributed by atoms with Crippen LogP contribution in [0.1, 0.15) is 0 Å². The summed E-state index contributed by atoms with van der Waals surface area (Å²) in [6.45, 7) is 0. The maximum Gasteiger partial charge on any atom is 0.137 e. The van der Waals surface area contributed by atoms with E-state index in [9.17, 15) is 0 Å². The first-order valence-corrected chi connectivity index (χ1v) is 19.5. The van der Waals surface area contributed by atoms with Crippen LogP contribution in [0.4, 0.5) is 17.1 Å². The van der Waals surface area contributed by atoms with Crippen molar-refractivity contribution in [1.82, 2.24) is 0 Å². The van der Waals surface area contributed by atoms with E-state index in [-0.39, 0.29) is 0 Å². The van der Waals surface area contributed by atoms with E-state index in [1.165, 1.54) is 58.8 Å². The topological polar surface area (TPSA) is 16.4 Å². The second-order valence-electron chi connectivity index (χ2n) is 14.0. The molecule has 2 heterocycles. The second-order valence-corrected chi connectivity index (χ2v) is 15.1. The lowest BCUT2D eigenvalue weighted by atomic mass is 9.94.